The van der Waals surface area contributed by atoms with Crippen molar-refractivity contribution in [3.63, 3.8) is 0 Å². The van der Waals surface area contributed by atoms with Gasteiger partial charge in [-0.1, -0.05) is 32.0 Å². The number of benzene rings is 1. The Morgan fingerprint density at radius 2 is 1.85 bits per heavy atom. The number of ether oxygens (including phenoxy) is 1. The summed E-state index contributed by atoms with van der Waals surface area (Å²) in [7, 11) is 1.91. The molecule has 1 saturated carbocycles. The molecular weight excluding hydrogens is 451 g/mol. The minimum atomic E-state index is 0. The van der Waals surface area contributed by atoms with Crippen LogP contribution in [0.4, 0.5) is 5.69 Å². The van der Waals surface area contributed by atoms with Crippen molar-refractivity contribution in [2.45, 2.75) is 38.8 Å². The summed E-state index contributed by atoms with van der Waals surface area (Å²) in [6.07, 6.45) is 2.86. The minimum absolute atomic E-state index is 0. The van der Waals surface area contributed by atoms with Crippen molar-refractivity contribution in [3.8, 4) is 0 Å². The third-order valence-corrected chi connectivity index (χ3v) is 6.53. The third-order valence-electron chi connectivity index (χ3n) is 6.53. The second-order valence-corrected chi connectivity index (χ2v) is 8.40. The Bertz CT molecular complexity index is 643. The highest BCUT2D eigenvalue weighted by atomic mass is 127. The number of nitrogens with one attached hydrogen (secondary N) is 1. The Kier molecular flexibility index (Phi) is 6.56. The number of halogens is 1. The molecule has 2 heterocycles. The molecule has 0 aromatic heterocycles. The summed E-state index contributed by atoms with van der Waals surface area (Å²) in [5.41, 5.74) is 1.49. The topological polar surface area (TPSA) is 40.1 Å². The van der Waals surface area contributed by atoms with E-state index in [2.05, 4.69) is 64.3 Å². The van der Waals surface area contributed by atoms with Crippen molar-refractivity contribution < 1.29 is 4.74 Å². The Balaban J connectivity index is 0.00000210. The molecule has 3 unspecified atom stereocenters. The monoisotopic (exact) mass is 484 g/mol. The van der Waals surface area contributed by atoms with Crippen LogP contribution in [0, 0.1) is 11.3 Å². The molecule has 4 rings (SSSR count). The van der Waals surface area contributed by atoms with Crippen LogP contribution >= 0.6 is 24.0 Å². The summed E-state index contributed by atoms with van der Waals surface area (Å²) >= 11 is 0. The van der Waals surface area contributed by atoms with Crippen molar-refractivity contribution in [2.75, 3.05) is 44.7 Å². The number of fused-ring (bicyclic) bond motifs is 1. The summed E-state index contributed by atoms with van der Waals surface area (Å²) < 4.78 is 6.05. The Labute approximate surface area is 180 Å². The van der Waals surface area contributed by atoms with Crippen LogP contribution in [0.3, 0.4) is 0 Å². The van der Waals surface area contributed by atoms with Crippen molar-refractivity contribution in [1.82, 2.24) is 10.2 Å². The number of aliphatic imine (C=N–C) groups is 1. The number of anilines is 1. The van der Waals surface area contributed by atoms with E-state index in [9.17, 15) is 0 Å². The minimum Gasteiger partial charge on any atom is -0.377 e. The molecule has 0 amide bonds. The van der Waals surface area contributed by atoms with E-state index in [1.807, 2.05) is 7.05 Å². The number of guanidine groups is 1. The number of hydrogen-bond donors (Lipinski definition) is 1. The highest BCUT2D eigenvalue weighted by Gasteiger charge is 2.58. The van der Waals surface area contributed by atoms with Gasteiger partial charge in [0.1, 0.15) is 0 Å². The van der Waals surface area contributed by atoms with Crippen LogP contribution in [0.5, 0.6) is 0 Å². The van der Waals surface area contributed by atoms with E-state index < -0.39 is 0 Å². The zero-order valence-electron chi connectivity index (χ0n) is 16.7. The molecular formula is C21H33IN4O. The Morgan fingerprint density at radius 1 is 1.15 bits per heavy atom. The van der Waals surface area contributed by atoms with Crippen LogP contribution in [0.25, 0.3) is 0 Å². The van der Waals surface area contributed by atoms with Gasteiger partial charge in [-0.25, -0.2) is 0 Å². The van der Waals surface area contributed by atoms with E-state index in [-0.39, 0.29) is 29.4 Å². The van der Waals surface area contributed by atoms with Crippen molar-refractivity contribution in [1.29, 1.82) is 0 Å². The van der Waals surface area contributed by atoms with Gasteiger partial charge in [-0.15, -0.1) is 24.0 Å². The van der Waals surface area contributed by atoms with Gasteiger partial charge in [-0.05, 0) is 25.0 Å². The molecule has 3 aliphatic rings. The predicted molar refractivity (Wildman–Crippen MR) is 122 cm³/mol. The standard InChI is InChI=1S/C21H32N4O.HI/c1-21(2)18(17-10-7-15-26-19(17)21)23-20(22-3)25-13-11-24(12-14-25)16-8-5-4-6-9-16;/h4-6,8-9,17-19H,7,10-15H2,1-3H3,(H,22,23);1H. The van der Waals surface area contributed by atoms with Crippen molar-refractivity contribution in [3.05, 3.63) is 30.3 Å². The lowest BCUT2D eigenvalue weighted by Crippen LogP contribution is -2.71. The fourth-order valence-electron chi connectivity index (χ4n) is 5.07. The van der Waals surface area contributed by atoms with E-state index in [0.717, 1.165) is 38.7 Å². The number of nitrogens with zero attached hydrogens (tertiary/aromatic N) is 3. The van der Waals surface area contributed by atoms with Gasteiger partial charge in [-0.2, -0.15) is 0 Å². The van der Waals surface area contributed by atoms with Crippen LogP contribution in [0.1, 0.15) is 26.7 Å². The van der Waals surface area contributed by atoms with Crippen LogP contribution in [-0.2, 0) is 4.74 Å². The lowest BCUT2D eigenvalue weighted by atomic mass is 9.55. The second-order valence-electron chi connectivity index (χ2n) is 8.40. The smallest absolute Gasteiger partial charge is 0.194 e. The maximum Gasteiger partial charge on any atom is 0.194 e. The van der Waals surface area contributed by atoms with Gasteiger partial charge >= 0.3 is 0 Å². The molecule has 3 fully saturated rings. The molecule has 0 bridgehead atoms. The maximum absolute atomic E-state index is 6.05. The lowest BCUT2D eigenvalue weighted by molar-refractivity contribution is -0.188. The first kappa shape index (κ1) is 20.7. The number of hydrogen-bond acceptors (Lipinski definition) is 3. The van der Waals surface area contributed by atoms with E-state index in [4.69, 9.17) is 4.74 Å². The molecule has 6 heteroatoms. The Morgan fingerprint density at radius 3 is 2.52 bits per heavy atom. The molecule has 5 nitrogen and oxygen atoms in total. The first-order valence-corrected chi connectivity index (χ1v) is 10.0. The Hall–Kier alpha value is -1.02. The predicted octanol–water partition coefficient (Wildman–Crippen LogP) is 3.21. The van der Waals surface area contributed by atoms with E-state index in [0.29, 0.717) is 18.1 Å². The van der Waals surface area contributed by atoms with Crippen LogP contribution < -0.4 is 10.2 Å². The summed E-state index contributed by atoms with van der Waals surface area (Å²) in [4.78, 5) is 9.48. The van der Waals surface area contributed by atoms with Crippen LogP contribution in [-0.4, -0.2) is 62.8 Å². The van der Waals surface area contributed by atoms with Crippen LogP contribution in [0.15, 0.2) is 35.3 Å². The summed E-state index contributed by atoms with van der Waals surface area (Å²) in [5.74, 6) is 1.68. The number of para-hydroxylation sites is 1. The summed E-state index contributed by atoms with van der Waals surface area (Å²) in [6, 6.07) is 11.2. The molecule has 27 heavy (non-hydrogen) atoms. The van der Waals surface area contributed by atoms with Crippen LogP contribution in [0.2, 0.25) is 0 Å². The largest absolute Gasteiger partial charge is 0.377 e. The van der Waals surface area contributed by atoms with Gasteiger partial charge in [-0.3, -0.25) is 4.99 Å². The quantitative estimate of drug-likeness (QED) is 0.398. The molecule has 2 aliphatic heterocycles. The fourth-order valence-corrected chi connectivity index (χ4v) is 5.07. The average molecular weight is 484 g/mol. The van der Waals surface area contributed by atoms with Gasteiger partial charge in [0, 0.05) is 62.9 Å². The molecule has 1 aromatic carbocycles. The third kappa shape index (κ3) is 3.92. The zero-order valence-corrected chi connectivity index (χ0v) is 19.1. The first-order valence-electron chi connectivity index (χ1n) is 10.0. The van der Waals surface area contributed by atoms with Gasteiger partial charge in [0.05, 0.1) is 6.10 Å². The molecule has 2 saturated heterocycles. The highest BCUT2D eigenvalue weighted by molar-refractivity contribution is 14.0. The summed E-state index contributed by atoms with van der Waals surface area (Å²) in [5, 5.41) is 3.79. The van der Waals surface area contributed by atoms with Gasteiger partial charge < -0.3 is 19.9 Å². The van der Waals surface area contributed by atoms with Gasteiger partial charge in [0.2, 0.25) is 0 Å². The lowest BCUT2D eigenvalue weighted by Gasteiger charge is -2.60. The molecule has 1 aromatic rings. The molecule has 0 spiro atoms. The van der Waals surface area contributed by atoms with Gasteiger partial charge in [0.25, 0.3) is 0 Å². The summed E-state index contributed by atoms with van der Waals surface area (Å²) in [6.45, 7) is 9.67. The normalized spacial score (nSPS) is 30.0. The molecule has 0 radical (unpaired) electrons. The maximum atomic E-state index is 6.05. The zero-order chi connectivity index (χ0) is 18.1. The second kappa shape index (κ2) is 8.55. The first-order chi connectivity index (χ1) is 12.6. The number of rotatable bonds is 2. The average Bonchev–Trinajstić information content (AvgIpc) is 2.69. The highest BCUT2D eigenvalue weighted by Crippen LogP contribution is 2.51. The number of piperazine rings is 1. The molecule has 3 atom stereocenters. The molecule has 1 N–H and O–H groups in total. The van der Waals surface area contributed by atoms with Crippen molar-refractivity contribution >= 4 is 35.6 Å². The van der Waals surface area contributed by atoms with Gasteiger partial charge in [0.15, 0.2) is 5.96 Å². The fraction of sp³-hybridized carbons (Fsp3) is 0.667. The van der Waals surface area contributed by atoms with Crippen molar-refractivity contribution in [2.24, 2.45) is 16.3 Å². The molecule has 150 valence electrons. The van der Waals surface area contributed by atoms with E-state index in [1.54, 1.807) is 0 Å². The molecule has 1 aliphatic carbocycles. The SMILES string of the molecule is CN=C(NC1C2CCCOC2C1(C)C)N1CCN(c2ccccc2)CC1.I. The van der Waals surface area contributed by atoms with E-state index >= 15 is 0 Å². The van der Waals surface area contributed by atoms with E-state index in [1.165, 1.54) is 18.5 Å².